The van der Waals surface area contributed by atoms with E-state index in [9.17, 15) is 9.18 Å². The zero-order chi connectivity index (χ0) is 16.3. The van der Waals surface area contributed by atoms with Gasteiger partial charge in [0.2, 0.25) is 0 Å². The van der Waals surface area contributed by atoms with Crippen LogP contribution in [0.15, 0.2) is 12.1 Å². The molecule has 1 fully saturated rings. The maximum Gasteiger partial charge on any atom is 0.328 e. The molecule has 7 heteroatoms. The van der Waals surface area contributed by atoms with Gasteiger partial charge in [-0.3, -0.25) is 0 Å². The van der Waals surface area contributed by atoms with Crippen molar-refractivity contribution in [2.45, 2.75) is 19.6 Å². The van der Waals surface area contributed by atoms with Crippen molar-refractivity contribution in [1.82, 2.24) is 0 Å². The molecule has 22 heavy (non-hydrogen) atoms. The number of carbonyl (C=O) groups is 1. The van der Waals surface area contributed by atoms with E-state index in [2.05, 4.69) is 0 Å². The van der Waals surface area contributed by atoms with Crippen LogP contribution in [0.4, 0.5) is 4.39 Å². The Morgan fingerprint density at radius 1 is 1.55 bits per heavy atom. The van der Waals surface area contributed by atoms with E-state index in [4.69, 9.17) is 30.9 Å². The summed E-state index contributed by atoms with van der Waals surface area (Å²) < 4.78 is 30.9. The van der Waals surface area contributed by atoms with Gasteiger partial charge in [-0.05, 0) is 26.0 Å². The molecule has 0 bridgehead atoms. The van der Waals surface area contributed by atoms with Crippen LogP contribution in [-0.4, -0.2) is 30.9 Å². The molecular weight excluding hydrogens is 315 g/mol. The number of hydrogen-bond acceptors (Lipinski definition) is 4. The van der Waals surface area contributed by atoms with Gasteiger partial charge in [0.25, 0.3) is 0 Å². The Balaban J connectivity index is 2.65. The molecule has 0 aliphatic carbocycles. The van der Waals surface area contributed by atoms with E-state index in [0.29, 0.717) is 18.8 Å². The second-order valence-corrected chi connectivity index (χ2v) is 5.12. The van der Waals surface area contributed by atoms with Gasteiger partial charge < -0.3 is 19.3 Å². The van der Waals surface area contributed by atoms with E-state index in [1.807, 2.05) is 0 Å². The molecular formula is C15H16ClFO5. The number of aliphatic carboxylic acids is 1. The third-order valence-electron chi connectivity index (χ3n) is 3.22. The molecule has 120 valence electrons. The Bertz CT molecular complexity index is 608. The monoisotopic (exact) mass is 330 g/mol. The first-order valence-corrected chi connectivity index (χ1v) is 7.11. The summed E-state index contributed by atoms with van der Waals surface area (Å²) >= 11 is 5.92. The highest BCUT2D eigenvalue weighted by Crippen LogP contribution is 2.42. The van der Waals surface area contributed by atoms with E-state index in [1.165, 1.54) is 6.07 Å². The van der Waals surface area contributed by atoms with Crippen molar-refractivity contribution >= 4 is 23.6 Å². The van der Waals surface area contributed by atoms with E-state index in [0.717, 1.165) is 12.2 Å². The maximum absolute atomic E-state index is 14.3. The molecule has 1 heterocycles. The molecule has 0 amide bonds. The largest absolute Gasteiger partial charge is 0.493 e. The molecule has 0 atom stereocenters. The van der Waals surface area contributed by atoms with Crippen molar-refractivity contribution in [3.63, 3.8) is 0 Å². The minimum atomic E-state index is -1.21. The number of carboxylic acid groups (broad SMARTS) is 1. The molecule has 1 aliphatic heterocycles. The van der Waals surface area contributed by atoms with Gasteiger partial charge in [0.15, 0.2) is 11.6 Å². The maximum atomic E-state index is 14.3. The number of benzene rings is 1. The normalized spacial score (nSPS) is 17.1. The van der Waals surface area contributed by atoms with Crippen LogP contribution < -0.4 is 4.74 Å². The van der Waals surface area contributed by atoms with Crippen molar-refractivity contribution in [1.29, 1.82) is 0 Å². The van der Waals surface area contributed by atoms with Gasteiger partial charge in [0, 0.05) is 6.08 Å². The SMILES string of the molecule is CCOc1c(C2(C)OCCO2)cc(Cl)c(F)c1/C=C/C(=O)O. The predicted octanol–water partition coefficient (Wildman–Crippen LogP) is 3.20. The van der Waals surface area contributed by atoms with Crippen LogP contribution in [0.1, 0.15) is 25.0 Å². The lowest BCUT2D eigenvalue weighted by atomic mass is 10.0. The van der Waals surface area contributed by atoms with Gasteiger partial charge in [-0.15, -0.1) is 0 Å². The van der Waals surface area contributed by atoms with Gasteiger partial charge in [-0.25, -0.2) is 9.18 Å². The van der Waals surface area contributed by atoms with Crippen LogP contribution in [-0.2, 0) is 20.1 Å². The molecule has 1 aliphatic rings. The second kappa shape index (κ2) is 6.64. The highest BCUT2D eigenvalue weighted by molar-refractivity contribution is 6.31. The van der Waals surface area contributed by atoms with Crippen molar-refractivity contribution in [3.05, 3.63) is 34.1 Å². The van der Waals surface area contributed by atoms with Gasteiger partial charge >= 0.3 is 5.97 Å². The lowest BCUT2D eigenvalue weighted by Crippen LogP contribution is -2.24. The summed E-state index contributed by atoms with van der Waals surface area (Å²) in [7, 11) is 0. The van der Waals surface area contributed by atoms with Crippen molar-refractivity contribution < 1.29 is 28.5 Å². The number of hydrogen-bond donors (Lipinski definition) is 1. The minimum absolute atomic E-state index is 0.0490. The third kappa shape index (κ3) is 3.24. The fourth-order valence-corrected chi connectivity index (χ4v) is 2.45. The molecule has 0 aromatic heterocycles. The zero-order valence-electron chi connectivity index (χ0n) is 12.2. The number of ether oxygens (including phenoxy) is 3. The average Bonchev–Trinajstić information content (AvgIpc) is 2.90. The molecule has 0 spiro atoms. The van der Waals surface area contributed by atoms with Crippen LogP contribution >= 0.6 is 11.6 Å². The summed E-state index contributed by atoms with van der Waals surface area (Å²) in [4.78, 5) is 10.7. The summed E-state index contributed by atoms with van der Waals surface area (Å²) in [5.74, 6) is -2.92. The molecule has 1 aromatic rings. The molecule has 0 radical (unpaired) electrons. The summed E-state index contributed by atoms with van der Waals surface area (Å²) in [5.41, 5.74) is 0.371. The highest BCUT2D eigenvalue weighted by Gasteiger charge is 2.38. The first-order valence-electron chi connectivity index (χ1n) is 6.73. The van der Waals surface area contributed by atoms with Gasteiger partial charge in [-0.1, -0.05) is 11.6 Å². The van der Waals surface area contributed by atoms with Crippen LogP contribution in [0.3, 0.4) is 0 Å². The van der Waals surface area contributed by atoms with Gasteiger partial charge in [0.05, 0.1) is 36.0 Å². The highest BCUT2D eigenvalue weighted by atomic mass is 35.5. The van der Waals surface area contributed by atoms with Crippen LogP contribution in [0, 0.1) is 5.82 Å². The second-order valence-electron chi connectivity index (χ2n) is 4.71. The Hall–Kier alpha value is -1.63. The van der Waals surface area contributed by atoms with Crippen LogP contribution in [0.5, 0.6) is 5.75 Å². The first-order chi connectivity index (χ1) is 10.4. The average molecular weight is 331 g/mol. The topological polar surface area (TPSA) is 65.0 Å². The standard InChI is InChI=1S/C15H16ClFO5/c1-3-20-14-9(4-5-12(18)19)13(17)11(16)8-10(14)15(2)21-6-7-22-15/h4-5,8H,3,6-7H2,1-2H3,(H,18,19)/b5-4+. The Morgan fingerprint density at radius 3 is 2.73 bits per heavy atom. The minimum Gasteiger partial charge on any atom is -0.493 e. The molecule has 0 saturated carbocycles. The Kier molecular flexibility index (Phi) is 5.05. The van der Waals surface area contributed by atoms with Gasteiger partial charge in [0.1, 0.15) is 5.75 Å². The Labute approximate surface area is 132 Å². The number of carboxylic acids is 1. The third-order valence-corrected chi connectivity index (χ3v) is 3.49. The van der Waals surface area contributed by atoms with Crippen LogP contribution in [0.25, 0.3) is 6.08 Å². The van der Waals surface area contributed by atoms with E-state index in [-0.39, 0.29) is 22.9 Å². The lowest BCUT2D eigenvalue weighted by molar-refractivity contribution is -0.150. The fourth-order valence-electron chi connectivity index (χ4n) is 2.24. The lowest BCUT2D eigenvalue weighted by Gasteiger charge is -2.26. The van der Waals surface area contributed by atoms with Crippen LogP contribution in [0.2, 0.25) is 5.02 Å². The molecule has 5 nitrogen and oxygen atoms in total. The quantitative estimate of drug-likeness (QED) is 0.840. The van der Waals surface area contributed by atoms with E-state index in [1.54, 1.807) is 13.8 Å². The molecule has 2 rings (SSSR count). The van der Waals surface area contributed by atoms with Crippen molar-refractivity contribution in [2.75, 3.05) is 19.8 Å². The van der Waals surface area contributed by atoms with Crippen molar-refractivity contribution in [3.8, 4) is 5.75 Å². The predicted molar refractivity (Wildman–Crippen MR) is 78.5 cm³/mol. The summed E-state index contributed by atoms with van der Waals surface area (Å²) in [6.07, 6.45) is 1.93. The molecule has 1 N–H and O–H groups in total. The molecule has 1 aromatic carbocycles. The summed E-state index contributed by atoms with van der Waals surface area (Å²) in [6, 6.07) is 1.38. The Morgan fingerprint density at radius 2 is 2.18 bits per heavy atom. The van der Waals surface area contributed by atoms with Gasteiger partial charge in [-0.2, -0.15) is 0 Å². The van der Waals surface area contributed by atoms with Crippen molar-refractivity contribution in [2.24, 2.45) is 0 Å². The smallest absolute Gasteiger partial charge is 0.328 e. The summed E-state index contributed by atoms with van der Waals surface area (Å²) in [6.45, 7) is 4.45. The number of halogens is 2. The molecule has 1 saturated heterocycles. The van der Waals surface area contributed by atoms with E-state index < -0.39 is 17.6 Å². The zero-order valence-corrected chi connectivity index (χ0v) is 12.9. The van der Waals surface area contributed by atoms with E-state index >= 15 is 0 Å². The summed E-state index contributed by atoms with van der Waals surface area (Å²) in [5, 5.41) is 8.59. The first kappa shape index (κ1) is 16.7. The number of rotatable bonds is 5. The molecule has 0 unspecified atom stereocenters. The fraction of sp³-hybridized carbons (Fsp3) is 0.400.